The average Bonchev–Trinajstić information content (AvgIpc) is 2.99. The van der Waals surface area contributed by atoms with Gasteiger partial charge in [0.05, 0.1) is 12.2 Å². The second kappa shape index (κ2) is 6.36. The molecule has 3 saturated carbocycles. The van der Waals surface area contributed by atoms with Gasteiger partial charge < -0.3 is 10.1 Å². The van der Waals surface area contributed by atoms with E-state index in [1.54, 1.807) is 0 Å². The molecule has 3 aliphatic rings. The van der Waals surface area contributed by atoms with Crippen LogP contribution in [0.2, 0.25) is 0 Å². The Bertz CT molecular complexity index is 311. The van der Waals surface area contributed by atoms with E-state index in [0.717, 1.165) is 18.5 Å². The Kier molecular flexibility index (Phi) is 4.72. The molecule has 0 aromatic heterocycles. The van der Waals surface area contributed by atoms with Gasteiger partial charge in [0.25, 0.3) is 0 Å². The summed E-state index contributed by atoms with van der Waals surface area (Å²) in [6.07, 6.45) is 14.9. The fourth-order valence-electron chi connectivity index (χ4n) is 5.21. The molecule has 0 saturated heterocycles. The molecule has 1 spiro atoms. The lowest BCUT2D eigenvalue weighted by atomic mass is 9.60. The van der Waals surface area contributed by atoms with Gasteiger partial charge in [0.15, 0.2) is 0 Å². The number of hydrogen-bond donors (Lipinski definition) is 1. The lowest BCUT2D eigenvalue weighted by Crippen LogP contribution is -2.63. The van der Waals surface area contributed by atoms with E-state index in [4.69, 9.17) is 4.74 Å². The van der Waals surface area contributed by atoms with Crippen LogP contribution in [0.5, 0.6) is 0 Å². The van der Waals surface area contributed by atoms with Gasteiger partial charge in [0.1, 0.15) is 0 Å². The first-order valence-electron chi connectivity index (χ1n) is 9.19. The molecule has 116 valence electrons. The fourth-order valence-corrected chi connectivity index (χ4v) is 5.21. The minimum Gasteiger partial charge on any atom is -0.374 e. The largest absolute Gasteiger partial charge is 0.374 e. The summed E-state index contributed by atoms with van der Waals surface area (Å²) < 4.78 is 6.71. The molecule has 20 heavy (non-hydrogen) atoms. The smallest absolute Gasteiger partial charge is 0.0665 e. The number of rotatable bonds is 5. The molecule has 2 nitrogen and oxygen atoms in total. The number of ether oxygens (including phenoxy) is 1. The minimum absolute atomic E-state index is 0.506. The van der Waals surface area contributed by atoms with Crippen LogP contribution in [0.15, 0.2) is 0 Å². The first kappa shape index (κ1) is 14.8. The Morgan fingerprint density at radius 3 is 2.50 bits per heavy atom. The summed E-state index contributed by atoms with van der Waals surface area (Å²) >= 11 is 0. The van der Waals surface area contributed by atoms with Gasteiger partial charge in [0.2, 0.25) is 0 Å². The molecule has 0 aromatic carbocycles. The summed E-state index contributed by atoms with van der Waals surface area (Å²) in [5, 5.41) is 3.73. The molecule has 1 N–H and O–H groups in total. The lowest BCUT2D eigenvalue weighted by molar-refractivity contribution is -0.178. The van der Waals surface area contributed by atoms with Crippen molar-refractivity contribution in [2.45, 2.75) is 96.3 Å². The standard InChI is InChI=1S/C18H33NO/c1-3-14-9-5-6-10-15(14)20-17-13-16(19-4-2)18(17)11-7-8-12-18/h14-17,19H,3-13H2,1-2H3. The van der Waals surface area contributed by atoms with Crippen molar-refractivity contribution in [3.05, 3.63) is 0 Å². The van der Waals surface area contributed by atoms with Gasteiger partial charge >= 0.3 is 0 Å². The van der Waals surface area contributed by atoms with Gasteiger partial charge in [-0.05, 0) is 44.6 Å². The summed E-state index contributed by atoms with van der Waals surface area (Å²) in [7, 11) is 0. The van der Waals surface area contributed by atoms with E-state index in [1.807, 2.05) is 0 Å². The quantitative estimate of drug-likeness (QED) is 0.811. The van der Waals surface area contributed by atoms with E-state index in [-0.39, 0.29) is 0 Å². The summed E-state index contributed by atoms with van der Waals surface area (Å²) in [4.78, 5) is 0. The van der Waals surface area contributed by atoms with E-state index < -0.39 is 0 Å². The zero-order valence-electron chi connectivity index (χ0n) is 13.5. The van der Waals surface area contributed by atoms with Crippen molar-refractivity contribution >= 4 is 0 Å². The highest BCUT2D eigenvalue weighted by Crippen LogP contribution is 2.55. The van der Waals surface area contributed by atoms with E-state index in [1.165, 1.54) is 64.2 Å². The van der Waals surface area contributed by atoms with E-state index >= 15 is 0 Å². The van der Waals surface area contributed by atoms with Gasteiger partial charge in [-0.1, -0.05) is 46.0 Å². The van der Waals surface area contributed by atoms with Crippen molar-refractivity contribution in [1.29, 1.82) is 0 Å². The third-order valence-corrected chi connectivity index (χ3v) is 6.47. The van der Waals surface area contributed by atoms with Crippen LogP contribution in [-0.4, -0.2) is 24.8 Å². The third-order valence-electron chi connectivity index (χ3n) is 6.47. The van der Waals surface area contributed by atoms with Gasteiger partial charge in [-0.2, -0.15) is 0 Å². The maximum Gasteiger partial charge on any atom is 0.0665 e. The van der Waals surface area contributed by atoms with Crippen molar-refractivity contribution < 1.29 is 4.74 Å². The van der Waals surface area contributed by atoms with E-state index in [2.05, 4.69) is 19.2 Å². The molecule has 0 amide bonds. The number of hydrogen-bond acceptors (Lipinski definition) is 2. The van der Waals surface area contributed by atoms with Crippen molar-refractivity contribution in [1.82, 2.24) is 5.32 Å². The summed E-state index contributed by atoms with van der Waals surface area (Å²) in [6, 6.07) is 0.740. The van der Waals surface area contributed by atoms with Gasteiger partial charge in [0, 0.05) is 11.5 Å². The molecule has 3 fully saturated rings. The molecule has 0 bridgehead atoms. The van der Waals surface area contributed by atoms with Crippen LogP contribution >= 0.6 is 0 Å². The van der Waals surface area contributed by atoms with Crippen molar-refractivity contribution in [2.24, 2.45) is 11.3 Å². The first-order chi connectivity index (χ1) is 9.80. The van der Waals surface area contributed by atoms with E-state index in [0.29, 0.717) is 17.6 Å². The Morgan fingerprint density at radius 2 is 1.80 bits per heavy atom. The zero-order chi connectivity index (χ0) is 14.0. The Balaban J connectivity index is 1.62. The fraction of sp³-hybridized carbons (Fsp3) is 1.00. The van der Waals surface area contributed by atoms with Crippen molar-refractivity contribution in [3.63, 3.8) is 0 Å². The van der Waals surface area contributed by atoms with Crippen LogP contribution < -0.4 is 5.32 Å². The number of nitrogens with one attached hydrogen (secondary N) is 1. The maximum absolute atomic E-state index is 6.71. The van der Waals surface area contributed by atoms with E-state index in [9.17, 15) is 0 Å². The predicted molar refractivity (Wildman–Crippen MR) is 83.9 cm³/mol. The third kappa shape index (κ3) is 2.54. The first-order valence-corrected chi connectivity index (χ1v) is 9.19. The second-order valence-electron chi connectivity index (χ2n) is 7.40. The van der Waals surface area contributed by atoms with Crippen molar-refractivity contribution in [3.8, 4) is 0 Å². The molecule has 4 atom stereocenters. The summed E-state index contributed by atoms with van der Waals surface area (Å²) in [6.45, 7) is 5.70. The van der Waals surface area contributed by atoms with Gasteiger partial charge in [-0.3, -0.25) is 0 Å². The Labute approximate surface area is 125 Å². The van der Waals surface area contributed by atoms with Crippen LogP contribution in [0, 0.1) is 11.3 Å². The predicted octanol–water partition coefficient (Wildman–Crippen LogP) is 4.28. The normalized spacial score (nSPS) is 39.9. The molecule has 3 aliphatic carbocycles. The van der Waals surface area contributed by atoms with Crippen molar-refractivity contribution in [2.75, 3.05) is 6.54 Å². The molecular formula is C18H33NO. The van der Waals surface area contributed by atoms with Crippen LogP contribution in [0.1, 0.15) is 78.1 Å². The Hall–Kier alpha value is -0.0800. The van der Waals surface area contributed by atoms with Crippen LogP contribution in [0.25, 0.3) is 0 Å². The van der Waals surface area contributed by atoms with Crippen LogP contribution in [0.4, 0.5) is 0 Å². The average molecular weight is 279 g/mol. The topological polar surface area (TPSA) is 21.3 Å². The SMILES string of the molecule is CCNC1CC(OC2CCCCC2CC)C12CCCC2. The molecule has 4 unspecified atom stereocenters. The molecule has 0 radical (unpaired) electrons. The minimum atomic E-state index is 0.506. The molecule has 2 heteroatoms. The summed E-state index contributed by atoms with van der Waals surface area (Å²) in [5.74, 6) is 0.834. The highest BCUT2D eigenvalue weighted by Gasteiger charge is 2.57. The molecular weight excluding hydrogens is 246 g/mol. The highest BCUT2D eigenvalue weighted by molar-refractivity contribution is 5.10. The van der Waals surface area contributed by atoms with Crippen LogP contribution in [0.3, 0.4) is 0 Å². The second-order valence-corrected chi connectivity index (χ2v) is 7.40. The summed E-state index contributed by atoms with van der Waals surface area (Å²) in [5.41, 5.74) is 0.506. The Morgan fingerprint density at radius 1 is 1.05 bits per heavy atom. The lowest BCUT2D eigenvalue weighted by Gasteiger charge is -2.56. The molecule has 3 rings (SSSR count). The highest BCUT2D eigenvalue weighted by atomic mass is 16.5. The van der Waals surface area contributed by atoms with Gasteiger partial charge in [-0.15, -0.1) is 0 Å². The van der Waals surface area contributed by atoms with Gasteiger partial charge in [-0.25, -0.2) is 0 Å². The maximum atomic E-state index is 6.71. The molecule has 0 aliphatic heterocycles. The molecule has 0 aromatic rings. The van der Waals surface area contributed by atoms with Crippen LogP contribution in [-0.2, 0) is 4.74 Å². The zero-order valence-corrected chi connectivity index (χ0v) is 13.5. The molecule has 0 heterocycles. The monoisotopic (exact) mass is 279 g/mol.